The number of carbonyl (C=O) groups is 3. The lowest BCUT2D eigenvalue weighted by Crippen LogP contribution is -2.48. The molecule has 0 N–H and O–H groups in total. The fourth-order valence-electron chi connectivity index (χ4n) is 4.03. The maximum atomic E-state index is 12.6. The van der Waals surface area contributed by atoms with Crippen molar-refractivity contribution < 1.29 is 23.9 Å². The molecule has 2 aliphatic rings. The molecule has 0 unspecified atom stereocenters. The summed E-state index contributed by atoms with van der Waals surface area (Å²) in [6.07, 6.45) is 1.67. The Labute approximate surface area is 181 Å². The van der Waals surface area contributed by atoms with Crippen molar-refractivity contribution in [3.63, 3.8) is 0 Å². The Morgan fingerprint density at radius 1 is 1.00 bits per heavy atom. The first-order chi connectivity index (χ1) is 15.1. The molecule has 2 saturated heterocycles. The molecule has 2 fully saturated rings. The Morgan fingerprint density at radius 3 is 2.45 bits per heavy atom. The molecule has 2 aromatic rings. The van der Waals surface area contributed by atoms with Gasteiger partial charge in [-0.05, 0) is 42.5 Å². The van der Waals surface area contributed by atoms with E-state index in [1.54, 1.807) is 0 Å². The van der Waals surface area contributed by atoms with E-state index >= 15 is 0 Å². The molecular formula is C24H26N2O5. The van der Waals surface area contributed by atoms with Crippen LogP contribution in [0.1, 0.15) is 30.4 Å². The van der Waals surface area contributed by atoms with Crippen molar-refractivity contribution in [2.75, 3.05) is 19.7 Å². The van der Waals surface area contributed by atoms with E-state index in [1.807, 2.05) is 59.5 Å². The normalized spacial score (nSPS) is 17.0. The summed E-state index contributed by atoms with van der Waals surface area (Å²) in [6.45, 7) is 1.42. The average Bonchev–Trinajstić information content (AvgIpc) is 3.15. The molecule has 0 bridgehead atoms. The van der Waals surface area contributed by atoms with Crippen LogP contribution in [-0.2, 0) is 27.4 Å². The molecule has 4 rings (SSSR count). The van der Waals surface area contributed by atoms with Crippen molar-refractivity contribution in [1.29, 1.82) is 0 Å². The lowest BCUT2D eigenvalue weighted by Gasteiger charge is -2.34. The van der Waals surface area contributed by atoms with Crippen LogP contribution in [0.25, 0.3) is 0 Å². The molecule has 2 heterocycles. The van der Waals surface area contributed by atoms with Gasteiger partial charge in [0.15, 0.2) is 6.61 Å². The van der Waals surface area contributed by atoms with Crippen molar-refractivity contribution in [2.24, 2.45) is 0 Å². The number of hydrogen-bond donors (Lipinski definition) is 0. The molecule has 0 atom stereocenters. The zero-order valence-corrected chi connectivity index (χ0v) is 17.4. The zero-order valence-electron chi connectivity index (χ0n) is 17.4. The van der Waals surface area contributed by atoms with Crippen LogP contribution in [0.4, 0.5) is 4.79 Å². The quantitative estimate of drug-likeness (QED) is 0.685. The Kier molecular flexibility index (Phi) is 6.50. The van der Waals surface area contributed by atoms with E-state index < -0.39 is 6.09 Å². The van der Waals surface area contributed by atoms with Crippen LogP contribution in [0.15, 0.2) is 54.6 Å². The summed E-state index contributed by atoms with van der Waals surface area (Å²) in [4.78, 5) is 39.2. The minimum Gasteiger partial charge on any atom is -0.489 e. The number of aryl methyl sites for hydroxylation is 1. The number of carbonyl (C=O) groups excluding carboxylic acids is 3. The fourth-order valence-corrected chi connectivity index (χ4v) is 4.03. The molecule has 31 heavy (non-hydrogen) atoms. The standard InChI is InChI=1S/C24H26N2O5/c27-22(25-13-11-20(12-14-25)26-23(28)17-31-24(26)29)10-9-18-7-4-8-21(15-18)30-16-19-5-2-1-3-6-19/h1-8,15,20H,9-14,16-17H2. The predicted octanol–water partition coefficient (Wildman–Crippen LogP) is 3.17. The number of ether oxygens (including phenoxy) is 2. The highest BCUT2D eigenvalue weighted by atomic mass is 16.6. The van der Waals surface area contributed by atoms with E-state index in [-0.39, 0.29) is 24.5 Å². The van der Waals surface area contributed by atoms with Gasteiger partial charge in [-0.15, -0.1) is 0 Å². The third-order valence-corrected chi connectivity index (χ3v) is 5.74. The molecule has 0 saturated carbocycles. The number of hydrogen-bond acceptors (Lipinski definition) is 5. The Hall–Kier alpha value is -3.35. The van der Waals surface area contributed by atoms with Crippen LogP contribution < -0.4 is 4.74 Å². The van der Waals surface area contributed by atoms with Gasteiger partial charge in [0.05, 0.1) is 0 Å². The molecule has 3 amide bonds. The molecule has 2 aromatic carbocycles. The summed E-state index contributed by atoms with van der Waals surface area (Å²) >= 11 is 0. The predicted molar refractivity (Wildman–Crippen MR) is 113 cm³/mol. The first-order valence-electron chi connectivity index (χ1n) is 10.6. The van der Waals surface area contributed by atoms with Crippen molar-refractivity contribution >= 4 is 17.9 Å². The van der Waals surface area contributed by atoms with Gasteiger partial charge in [0.1, 0.15) is 12.4 Å². The van der Waals surface area contributed by atoms with Gasteiger partial charge < -0.3 is 14.4 Å². The number of cyclic esters (lactones) is 1. The molecule has 162 valence electrons. The Morgan fingerprint density at radius 2 is 1.74 bits per heavy atom. The number of nitrogens with zero attached hydrogens (tertiary/aromatic N) is 2. The summed E-state index contributed by atoms with van der Waals surface area (Å²) in [5, 5.41) is 0. The van der Waals surface area contributed by atoms with E-state index in [4.69, 9.17) is 9.47 Å². The second-order valence-corrected chi connectivity index (χ2v) is 7.85. The number of amides is 3. The maximum Gasteiger partial charge on any atom is 0.417 e. The zero-order chi connectivity index (χ0) is 21.6. The number of benzene rings is 2. The topological polar surface area (TPSA) is 76.2 Å². The molecule has 0 spiro atoms. The van der Waals surface area contributed by atoms with Gasteiger partial charge in [0, 0.05) is 25.6 Å². The van der Waals surface area contributed by atoms with E-state index in [9.17, 15) is 14.4 Å². The molecule has 2 aliphatic heterocycles. The van der Waals surface area contributed by atoms with Crippen LogP contribution in [0, 0.1) is 0 Å². The second kappa shape index (κ2) is 9.64. The van der Waals surface area contributed by atoms with Gasteiger partial charge in [-0.25, -0.2) is 9.69 Å². The van der Waals surface area contributed by atoms with Crippen LogP contribution in [0.2, 0.25) is 0 Å². The highest BCUT2D eigenvalue weighted by Crippen LogP contribution is 2.22. The molecule has 0 radical (unpaired) electrons. The average molecular weight is 422 g/mol. The van der Waals surface area contributed by atoms with Gasteiger partial charge in [-0.2, -0.15) is 0 Å². The van der Waals surface area contributed by atoms with E-state index in [2.05, 4.69) is 0 Å². The minimum atomic E-state index is -0.566. The number of rotatable bonds is 7. The molecule has 7 heteroatoms. The smallest absolute Gasteiger partial charge is 0.417 e. The van der Waals surface area contributed by atoms with Gasteiger partial charge >= 0.3 is 6.09 Å². The number of piperidine rings is 1. The Bertz CT molecular complexity index is 922. The van der Waals surface area contributed by atoms with Crippen LogP contribution >= 0.6 is 0 Å². The van der Waals surface area contributed by atoms with E-state index in [0.717, 1.165) is 16.9 Å². The summed E-state index contributed by atoms with van der Waals surface area (Å²) in [5.74, 6) is 0.588. The molecule has 7 nitrogen and oxygen atoms in total. The second-order valence-electron chi connectivity index (χ2n) is 7.85. The summed E-state index contributed by atoms with van der Waals surface area (Å²) in [7, 11) is 0. The highest BCUT2D eigenvalue weighted by Gasteiger charge is 2.38. The first kappa shape index (κ1) is 20.9. The lowest BCUT2D eigenvalue weighted by molar-refractivity contribution is -0.133. The van der Waals surface area contributed by atoms with Crippen molar-refractivity contribution in [2.45, 2.75) is 38.3 Å². The minimum absolute atomic E-state index is 0.0874. The van der Waals surface area contributed by atoms with Crippen LogP contribution in [-0.4, -0.2) is 53.4 Å². The number of likely N-dealkylation sites (tertiary alicyclic amines) is 1. The van der Waals surface area contributed by atoms with Crippen molar-refractivity contribution in [3.05, 3.63) is 65.7 Å². The van der Waals surface area contributed by atoms with Crippen molar-refractivity contribution in [1.82, 2.24) is 9.80 Å². The largest absolute Gasteiger partial charge is 0.489 e. The van der Waals surface area contributed by atoms with Gasteiger partial charge in [0.25, 0.3) is 5.91 Å². The summed E-state index contributed by atoms with van der Waals surface area (Å²) in [6, 6.07) is 17.7. The lowest BCUT2D eigenvalue weighted by atomic mass is 10.0. The third-order valence-electron chi connectivity index (χ3n) is 5.74. The third kappa shape index (κ3) is 5.23. The SMILES string of the molecule is O=C(CCc1cccc(OCc2ccccc2)c1)N1CCC(N2C(=O)COC2=O)CC1. The van der Waals surface area contributed by atoms with Gasteiger partial charge in [0.2, 0.25) is 5.91 Å². The number of imide groups is 1. The van der Waals surface area contributed by atoms with Gasteiger partial charge in [-0.3, -0.25) is 9.59 Å². The molecule has 0 aliphatic carbocycles. The van der Waals surface area contributed by atoms with Crippen molar-refractivity contribution in [3.8, 4) is 5.75 Å². The molecule has 0 aromatic heterocycles. The van der Waals surface area contributed by atoms with E-state index in [0.29, 0.717) is 45.4 Å². The van der Waals surface area contributed by atoms with Crippen LogP contribution in [0.3, 0.4) is 0 Å². The van der Waals surface area contributed by atoms with Crippen LogP contribution in [0.5, 0.6) is 5.75 Å². The Balaban J connectivity index is 1.24. The maximum absolute atomic E-state index is 12.6. The monoisotopic (exact) mass is 422 g/mol. The molecular weight excluding hydrogens is 396 g/mol. The summed E-state index contributed by atoms with van der Waals surface area (Å²) < 4.78 is 10.7. The van der Waals surface area contributed by atoms with E-state index in [1.165, 1.54) is 4.90 Å². The first-order valence-corrected chi connectivity index (χ1v) is 10.6. The van der Waals surface area contributed by atoms with Gasteiger partial charge in [-0.1, -0.05) is 42.5 Å². The fraction of sp³-hybridized carbons (Fsp3) is 0.375. The highest BCUT2D eigenvalue weighted by molar-refractivity contribution is 5.98. The summed E-state index contributed by atoms with van der Waals surface area (Å²) in [5.41, 5.74) is 2.16.